The minimum absolute atomic E-state index is 0.0634. The molecule has 2 N–H and O–H groups in total. The Labute approximate surface area is 91.6 Å². The normalized spacial score (nSPS) is 20.1. The van der Waals surface area contributed by atoms with E-state index in [1.165, 1.54) is 0 Å². The first-order chi connectivity index (χ1) is 7.04. The minimum Gasteiger partial charge on any atom is -0.396 e. The molecule has 15 heavy (non-hydrogen) atoms. The summed E-state index contributed by atoms with van der Waals surface area (Å²) >= 11 is 0. The van der Waals surface area contributed by atoms with Crippen LogP contribution in [0, 0.1) is 11.8 Å². The minimum atomic E-state index is -0.0634. The van der Waals surface area contributed by atoms with Gasteiger partial charge in [0.1, 0.15) is 0 Å². The first kappa shape index (κ1) is 12.5. The van der Waals surface area contributed by atoms with Gasteiger partial charge in [-0.05, 0) is 12.8 Å². The van der Waals surface area contributed by atoms with E-state index in [1.54, 1.807) is 0 Å². The number of hydrogen-bond acceptors (Lipinski definition) is 3. The van der Waals surface area contributed by atoms with Gasteiger partial charge in [-0.1, -0.05) is 13.8 Å². The highest BCUT2D eigenvalue weighted by Gasteiger charge is 2.32. The van der Waals surface area contributed by atoms with E-state index >= 15 is 0 Å². The fraction of sp³-hybridized carbons (Fsp3) is 0.909. The van der Waals surface area contributed by atoms with Crippen LogP contribution in [0.15, 0.2) is 0 Å². The molecule has 0 saturated carbocycles. The number of nitrogens with zero attached hydrogens (tertiary/aromatic N) is 1. The third-order valence-corrected chi connectivity index (χ3v) is 2.86. The number of nitrogens with one attached hydrogen (secondary N) is 1. The number of hydrogen-bond donors (Lipinski definition) is 2. The number of rotatable bonds is 5. The molecule has 4 nitrogen and oxygen atoms in total. The first-order valence-corrected chi connectivity index (χ1v) is 5.67. The maximum absolute atomic E-state index is 11.7. The Morgan fingerprint density at radius 2 is 2.07 bits per heavy atom. The van der Waals surface area contributed by atoms with Crippen molar-refractivity contribution >= 4 is 5.91 Å². The van der Waals surface area contributed by atoms with E-state index in [1.807, 2.05) is 6.92 Å². The summed E-state index contributed by atoms with van der Waals surface area (Å²) in [5, 5.41) is 11.8. The zero-order valence-corrected chi connectivity index (χ0v) is 9.86. The van der Waals surface area contributed by atoms with Gasteiger partial charge in [0.2, 0.25) is 5.91 Å². The predicted octanol–water partition coefficient (Wildman–Crippen LogP) is 0.0712. The summed E-state index contributed by atoms with van der Waals surface area (Å²) in [6.45, 7) is 8.73. The number of aliphatic hydroxyl groups is 1. The third kappa shape index (κ3) is 3.47. The number of carbonyl (C=O) groups is 1. The molecule has 1 amide bonds. The van der Waals surface area contributed by atoms with E-state index in [-0.39, 0.29) is 18.6 Å². The Morgan fingerprint density at radius 1 is 1.47 bits per heavy atom. The molecule has 1 aliphatic rings. The highest BCUT2D eigenvalue weighted by atomic mass is 16.3. The molecule has 0 aromatic carbocycles. The molecule has 1 saturated heterocycles. The summed E-state index contributed by atoms with van der Waals surface area (Å²) in [4.78, 5) is 13.8. The van der Waals surface area contributed by atoms with Gasteiger partial charge < -0.3 is 10.4 Å². The molecule has 0 spiro atoms. The second-order valence-electron chi connectivity index (χ2n) is 4.82. The van der Waals surface area contributed by atoms with Gasteiger partial charge in [0, 0.05) is 32.2 Å². The first-order valence-electron chi connectivity index (χ1n) is 5.67. The number of aliphatic hydroxyl groups excluding tert-OH is 1. The van der Waals surface area contributed by atoms with Gasteiger partial charge in [0.25, 0.3) is 0 Å². The van der Waals surface area contributed by atoms with Crippen molar-refractivity contribution in [2.45, 2.75) is 26.8 Å². The lowest BCUT2D eigenvalue weighted by molar-refractivity contribution is -0.129. The molecule has 88 valence electrons. The number of amides is 1. The van der Waals surface area contributed by atoms with Crippen LogP contribution in [0.25, 0.3) is 0 Å². The standard InChI is InChI=1S/C11H22N2O2/c1-8(2)4-12-11(15)9(3)13-5-10(6-13)7-14/h8-10,14H,4-7H2,1-3H3,(H,12,15). The summed E-state index contributed by atoms with van der Waals surface area (Å²) in [6, 6.07) is -0.0634. The topological polar surface area (TPSA) is 52.6 Å². The van der Waals surface area contributed by atoms with Crippen LogP contribution in [0.1, 0.15) is 20.8 Å². The van der Waals surface area contributed by atoms with Crippen molar-refractivity contribution in [3.05, 3.63) is 0 Å². The van der Waals surface area contributed by atoms with Crippen molar-refractivity contribution in [1.82, 2.24) is 10.2 Å². The lowest BCUT2D eigenvalue weighted by Gasteiger charge is -2.41. The molecule has 0 aromatic rings. The van der Waals surface area contributed by atoms with Crippen LogP contribution in [0.4, 0.5) is 0 Å². The summed E-state index contributed by atoms with van der Waals surface area (Å²) < 4.78 is 0. The highest BCUT2D eigenvalue weighted by molar-refractivity contribution is 5.81. The van der Waals surface area contributed by atoms with Gasteiger partial charge >= 0.3 is 0 Å². The zero-order chi connectivity index (χ0) is 11.4. The van der Waals surface area contributed by atoms with Gasteiger partial charge in [-0.2, -0.15) is 0 Å². The van der Waals surface area contributed by atoms with E-state index in [0.717, 1.165) is 19.6 Å². The molecule has 1 unspecified atom stereocenters. The fourth-order valence-electron chi connectivity index (χ4n) is 1.66. The van der Waals surface area contributed by atoms with E-state index in [0.29, 0.717) is 11.8 Å². The molecule has 0 aromatic heterocycles. The summed E-state index contributed by atoms with van der Waals surface area (Å²) in [6.07, 6.45) is 0. The van der Waals surface area contributed by atoms with Gasteiger partial charge in [0.05, 0.1) is 6.04 Å². The van der Waals surface area contributed by atoms with Crippen molar-refractivity contribution in [2.24, 2.45) is 11.8 Å². The summed E-state index contributed by atoms with van der Waals surface area (Å²) in [7, 11) is 0. The molecular formula is C11H22N2O2. The monoisotopic (exact) mass is 214 g/mol. The summed E-state index contributed by atoms with van der Waals surface area (Å²) in [5.41, 5.74) is 0. The van der Waals surface area contributed by atoms with Crippen molar-refractivity contribution < 1.29 is 9.90 Å². The molecule has 1 fully saturated rings. The lowest BCUT2D eigenvalue weighted by Crippen LogP contribution is -2.57. The molecule has 0 radical (unpaired) electrons. The number of likely N-dealkylation sites (tertiary alicyclic amines) is 1. The SMILES string of the molecule is CC(C)CNC(=O)C(C)N1CC(CO)C1. The van der Waals surface area contributed by atoms with E-state index in [9.17, 15) is 4.79 Å². The van der Waals surface area contributed by atoms with Crippen molar-refractivity contribution in [1.29, 1.82) is 0 Å². The highest BCUT2D eigenvalue weighted by Crippen LogP contribution is 2.17. The Morgan fingerprint density at radius 3 is 2.53 bits per heavy atom. The van der Waals surface area contributed by atoms with Crippen LogP contribution in [0.2, 0.25) is 0 Å². The quantitative estimate of drug-likeness (QED) is 0.681. The van der Waals surface area contributed by atoms with E-state index < -0.39 is 0 Å². The van der Waals surface area contributed by atoms with Crippen molar-refractivity contribution in [3.8, 4) is 0 Å². The van der Waals surface area contributed by atoms with Crippen LogP contribution >= 0.6 is 0 Å². The van der Waals surface area contributed by atoms with E-state index in [4.69, 9.17) is 5.11 Å². The largest absolute Gasteiger partial charge is 0.396 e. The van der Waals surface area contributed by atoms with Crippen LogP contribution in [-0.4, -0.2) is 48.2 Å². The maximum Gasteiger partial charge on any atom is 0.237 e. The van der Waals surface area contributed by atoms with Gasteiger partial charge in [-0.15, -0.1) is 0 Å². The third-order valence-electron chi connectivity index (χ3n) is 2.86. The fourth-order valence-corrected chi connectivity index (χ4v) is 1.66. The summed E-state index contributed by atoms with van der Waals surface area (Å²) in [5.74, 6) is 0.952. The molecule has 1 atom stereocenters. The van der Waals surface area contributed by atoms with Crippen molar-refractivity contribution in [2.75, 3.05) is 26.2 Å². The Kier molecular flexibility index (Phi) is 4.54. The molecule has 0 bridgehead atoms. The van der Waals surface area contributed by atoms with Crippen LogP contribution in [0.3, 0.4) is 0 Å². The molecule has 0 aliphatic carbocycles. The molecular weight excluding hydrogens is 192 g/mol. The van der Waals surface area contributed by atoms with Crippen molar-refractivity contribution in [3.63, 3.8) is 0 Å². The van der Waals surface area contributed by atoms with Crippen LogP contribution in [0.5, 0.6) is 0 Å². The molecule has 1 heterocycles. The van der Waals surface area contributed by atoms with Gasteiger partial charge in [-0.25, -0.2) is 0 Å². The van der Waals surface area contributed by atoms with Crippen LogP contribution < -0.4 is 5.32 Å². The maximum atomic E-state index is 11.7. The number of carbonyl (C=O) groups excluding carboxylic acids is 1. The smallest absolute Gasteiger partial charge is 0.237 e. The van der Waals surface area contributed by atoms with E-state index in [2.05, 4.69) is 24.1 Å². The predicted molar refractivity (Wildman–Crippen MR) is 59.5 cm³/mol. The molecule has 1 aliphatic heterocycles. The lowest BCUT2D eigenvalue weighted by atomic mass is 9.99. The second-order valence-corrected chi connectivity index (χ2v) is 4.82. The Bertz CT molecular complexity index is 213. The average molecular weight is 214 g/mol. The molecule has 1 rings (SSSR count). The Balaban J connectivity index is 2.22. The van der Waals surface area contributed by atoms with Gasteiger partial charge in [0.15, 0.2) is 0 Å². The molecule has 4 heteroatoms. The average Bonchev–Trinajstić information content (AvgIpc) is 2.12. The Hall–Kier alpha value is -0.610. The second kappa shape index (κ2) is 5.47. The zero-order valence-electron chi connectivity index (χ0n) is 9.86. The van der Waals surface area contributed by atoms with Gasteiger partial charge in [-0.3, -0.25) is 9.69 Å². The van der Waals surface area contributed by atoms with Crippen LogP contribution in [-0.2, 0) is 4.79 Å².